The Morgan fingerprint density at radius 3 is 2.28 bits per heavy atom. The van der Waals surface area contributed by atoms with E-state index in [9.17, 15) is 19.5 Å². The van der Waals surface area contributed by atoms with Gasteiger partial charge >= 0.3 is 17.9 Å². The number of benzene rings is 1. The van der Waals surface area contributed by atoms with Crippen molar-refractivity contribution < 1.29 is 24.2 Å². The molecule has 0 saturated heterocycles. The number of carboxylic acid groups (broad SMARTS) is 1. The summed E-state index contributed by atoms with van der Waals surface area (Å²) in [7, 11) is 0. The van der Waals surface area contributed by atoms with Crippen molar-refractivity contribution in [2.45, 2.75) is 51.2 Å². The zero-order chi connectivity index (χ0) is 18.6. The van der Waals surface area contributed by atoms with Crippen LogP contribution in [0.4, 0.5) is 0 Å². The molecule has 0 radical (unpaired) electrons. The second-order valence-electron chi connectivity index (χ2n) is 6.35. The number of nitrogens with zero attached hydrogens (tertiary/aromatic N) is 1. The third-order valence-electron chi connectivity index (χ3n) is 4.47. The smallest absolute Gasteiger partial charge is 0.330 e. The Hall–Kier alpha value is -2.25. The minimum absolute atomic E-state index is 0.128. The first-order chi connectivity index (χ1) is 11.8. The number of hydrogen-bond acceptors (Lipinski definition) is 6. The van der Waals surface area contributed by atoms with Gasteiger partial charge in [0.15, 0.2) is 0 Å². The molecule has 1 aliphatic carbocycles. The van der Waals surface area contributed by atoms with Crippen LogP contribution in [0, 0.1) is 0 Å². The van der Waals surface area contributed by atoms with Crippen LogP contribution in [0.2, 0.25) is 0 Å². The van der Waals surface area contributed by atoms with Crippen molar-refractivity contribution in [1.29, 1.82) is 0 Å². The molecular weight excluding hydrogens is 324 g/mol. The van der Waals surface area contributed by atoms with Gasteiger partial charge in [-0.25, -0.2) is 4.79 Å². The van der Waals surface area contributed by atoms with Crippen LogP contribution in [-0.4, -0.2) is 52.6 Å². The fraction of sp³-hybridized carbons (Fsp3) is 0.500. The lowest BCUT2D eigenvalue weighted by Gasteiger charge is -2.32. The highest BCUT2D eigenvalue weighted by atomic mass is 16.6. The Morgan fingerprint density at radius 1 is 1.28 bits per heavy atom. The maximum Gasteiger partial charge on any atom is 0.330 e. The van der Waals surface area contributed by atoms with Crippen LogP contribution in [0.1, 0.15) is 31.4 Å². The zero-order valence-electron chi connectivity index (χ0n) is 14.5. The zero-order valence-corrected chi connectivity index (χ0v) is 14.5. The summed E-state index contributed by atoms with van der Waals surface area (Å²) < 4.78 is 4.72. The summed E-state index contributed by atoms with van der Waals surface area (Å²) in [5, 5.41) is 9.52. The molecule has 7 heteroatoms. The van der Waals surface area contributed by atoms with E-state index in [4.69, 9.17) is 10.5 Å². The van der Waals surface area contributed by atoms with E-state index < -0.39 is 30.0 Å². The minimum Gasteiger partial charge on any atom is -0.480 e. The molecule has 1 aliphatic rings. The molecule has 0 spiro atoms. The van der Waals surface area contributed by atoms with E-state index in [-0.39, 0.29) is 12.6 Å². The van der Waals surface area contributed by atoms with Crippen molar-refractivity contribution in [1.82, 2.24) is 4.90 Å². The summed E-state index contributed by atoms with van der Waals surface area (Å²) in [6.45, 7) is 2.92. The van der Waals surface area contributed by atoms with Crippen LogP contribution in [0.25, 0.3) is 0 Å². The van der Waals surface area contributed by atoms with Crippen molar-refractivity contribution in [3.63, 3.8) is 0 Å². The summed E-state index contributed by atoms with van der Waals surface area (Å²) in [6, 6.07) is 6.04. The van der Waals surface area contributed by atoms with E-state index in [1.54, 1.807) is 11.8 Å². The average Bonchev–Trinajstić information content (AvgIpc) is 2.97. The van der Waals surface area contributed by atoms with Crippen LogP contribution < -0.4 is 5.73 Å². The first-order valence-electron chi connectivity index (χ1n) is 8.38. The Labute approximate surface area is 146 Å². The quantitative estimate of drug-likeness (QED) is 0.552. The molecule has 1 aromatic rings. The Bertz CT molecular complexity index is 634. The van der Waals surface area contributed by atoms with Crippen LogP contribution in [0.5, 0.6) is 0 Å². The summed E-state index contributed by atoms with van der Waals surface area (Å²) in [6.07, 6.45) is 1.67. The number of aliphatic carboxylic acids is 1. The molecule has 3 N–H and O–H groups in total. The molecule has 2 rings (SSSR count). The number of hydrogen-bond donors (Lipinski definition) is 2. The number of ether oxygens (including phenoxy) is 1. The van der Waals surface area contributed by atoms with Gasteiger partial charge in [0.2, 0.25) is 0 Å². The highest BCUT2D eigenvalue weighted by Crippen LogP contribution is 2.27. The lowest BCUT2D eigenvalue weighted by Crippen LogP contribution is -2.50. The number of carbonyl (C=O) groups excluding carboxylic acids is 2. The fourth-order valence-electron chi connectivity index (χ4n) is 3.20. The van der Waals surface area contributed by atoms with Crippen LogP contribution >= 0.6 is 0 Å². The topological polar surface area (TPSA) is 110 Å². The van der Waals surface area contributed by atoms with E-state index in [0.29, 0.717) is 19.3 Å². The normalized spacial score (nSPS) is 16.3. The van der Waals surface area contributed by atoms with Gasteiger partial charge in [-0.1, -0.05) is 31.2 Å². The third-order valence-corrected chi connectivity index (χ3v) is 4.47. The van der Waals surface area contributed by atoms with Gasteiger partial charge in [0.05, 0.1) is 6.54 Å². The van der Waals surface area contributed by atoms with Gasteiger partial charge in [-0.2, -0.15) is 0 Å². The Morgan fingerprint density at radius 2 is 1.84 bits per heavy atom. The van der Waals surface area contributed by atoms with Crippen molar-refractivity contribution in [2.75, 3.05) is 6.54 Å². The van der Waals surface area contributed by atoms with E-state index >= 15 is 0 Å². The molecule has 1 aromatic carbocycles. The minimum atomic E-state index is -0.996. The van der Waals surface area contributed by atoms with Gasteiger partial charge in [0, 0.05) is 6.04 Å². The highest BCUT2D eigenvalue weighted by Gasteiger charge is 2.35. The number of nitrogens with two attached hydrogens (primary N) is 1. The second-order valence-corrected chi connectivity index (χ2v) is 6.35. The van der Waals surface area contributed by atoms with Gasteiger partial charge in [-0.3, -0.25) is 14.5 Å². The van der Waals surface area contributed by atoms with E-state index in [2.05, 4.69) is 0 Å². The fourth-order valence-corrected chi connectivity index (χ4v) is 3.20. The molecular formula is C18H24N2O5. The third kappa shape index (κ3) is 4.64. The predicted octanol–water partition coefficient (Wildman–Crippen LogP) is 0.736. The number of fused-ring (bicyclic) bond motifs is 1. The molecule has 0 bridgehead atoms. The standard InChI is InChI=1S/C18H24N2O5/c1-3-15(17(22)23)20(10-16(21)25-18(24)11(2)19)14-8-12-6-4-5-7-13(12)9-14/h4-7,11,14-15H,3,8-10,19H2,1-2H3,(H,22,23)/t11-,15?/m0/s1. The van der Waals surface area contributed by atoms with E-state index in [1.165, 1.54) is 6.92 Å². The maximum absolute atomic E-state index is 12.1. The first kappa shape index (κ1) is 19.1. The second kappa shape index (κ2) is 8.22. The summed E-state index contributed by atoms with van der Waals surface area (Å²) >= 11 is 0. The molecule has 1 unspecified atom stereocenters. The molecule has 0 fully saturated rings. The molecule has 136 valence electrons. The van der Waals surface area contributed by atoms with Gasteiger partial charge in [0.1, 0.15) is 12.1 Å². The number of carboxylic acids is 1. The number of rotatable bonds is 7. The van der Waals surface area contributed by atoms with Crippen molar-refractivity contribution in [2.24, 2.45) is 5.73 Å². The summed E-state index contributed by atoms with van der Waals surface area (Å²) in [4.78, 5) is 36.9. The van der Waals surface area contributed by atoms with Gasteiger partial charge in [-0.15, -0.1) is 0 Å². The number of carbonyl (C=O) groups is 3. The predicted molar refractivity (Wildman–Crippen MR) is 90.8 cm³/mol. The number of esters is 2. The lowest BCUT2D eigenvalue weighted by atomic mass is 10.1. The molecule has 0 amide bonds. The van der Waals surface area contributed by atoms with Gasteiger partial charge in [-0.05, 0) is 37.3 Å². The average molecular weight is 348 g/mol. The van der Waals surface area contributed by atoms with E-state index in [0.717, 1.165) is 11.1 Å². The molecule has 0 saturated carbocycles. The Kier molecular flexibility index (Phi) is 6.27. The summed E-state index contributed by atoms with van der Waals surface area (Å²) in [5.41, 5.74) is 7.70. The van der Waals surface area contributed by atoms with Crippen LogP contribution in [0.3, 0.4) is 0 Å². The highest BCUT2D eigenvalue weighted by molar-refractivity contribution is 5.89. The van der Waals surface area contributed by atoms with Crippen molar-refractivity contribution >= 4 is 17.9 Å². The van der Waals surface area contributed by atoms with Gasteiger partial charge < -0.3 is 15.6 Å². The lowest BCUT2D eigenvalue weighted by molar-refractivity contribution is -0.162. The first-order valence-corrected chi connectivity index (χ1v) is 8.38. The molecule has 0 heterocycles. The molecule has 0 aliphatic heterocycles. The molecule has 2 atom stereocenters. The van der Waals surface area contributed by atoms with E-state index in [1.807, 2.05) is 24.3 Å². The molecule has 7 nitrogen and oxygen atoms in total. The Balaban J connectivity index is 2.16. The largest absolute Gasteiger partial charge is 0.480 e. The van der Waals surface area contributed by atoms with Gasteiger partial charge in [0.25, 0.3) is 0 Å². The van der Waals surface area contributed by atoms with Crippen LogP contribution in [-0.2, 0) is 32.0 Å². The SMILES string of the molecule is CCC(C(=O)O)N(CC(=O)OC(=O)[C@H](C)N)C1Cc2ccccc2C1. The monoisotopic (exact) mass is 348 g/mol. The summed E-state index contributed by atoms with van der Waals surface area (Å²) in [5.74, 6) is -2.59. The van der Waals surface area contributed by atoms with Crippen molar-refractivity contribution in [3.05, 3.63) is 35.4 Å². The molecule has 0 aromatic heterocycles. The maximum atomic E-state index is 12.1. The molecule has 25 heavy (non-hydrogen) atoms. The van der Waals surface area contributed by atoms with Crippen LogP contribution in [0.15, 0.2) is 24.3 Å². The van der Waals surface area contributed by atoms with Crippen molar-refractivity contribution in [3.8, 4) is 0 Å².